The quantitative estimate of drug-likeness (QED) is 0.464. The molecule has 0 aromatic carbocycles. The van der Waals surface area contributed by atoms with Crippen LogP contribution in [0.25, 0.3) is 11.2 Å². The molecule has 2 rings (SSSR count). The average Bonchev–Trinajstić information content (AvgIpc) is 2.83. The highest BCUT2D eigenvalue weighted by Gasteiger charge is 2.15. The van der Waals surface area contributed by atoms with Crippen molar-refractivity contribution < 1.29 is 4.74 Å². The summed E-state index contributed by atoms with van der Waals surface area (Å²) in [6.45, 7) is 2.66. The van der Waals surface area contributed by atoms with Crippen LogP contribution in [0.15, 0.2) is 9.59 Å². The third-order valence-corrected chi connectivity index (χ3v) is 2.83. The molecule has 0 saturated carbocycles. The fourth-order valence-corrected chi connectivity index (χ4v) is 1.90. The van der Waals surface area contributed by atoms with Gasteiger partial charge in [-0.1, -0.05) is 0 Å². The number of aromatic nitrogens is 4. The molecule has 0 unspecified atom stereocenters. The predicted molar refractivity (Wildman–Crippen MR) is 70.0 cm³/mol. The van der Waals surface area contributed by atoms with Crippen molar-refractivity contribution in [2.24, 2.45) is 5.84 Å². The van der Waals surface area contributed by atoms with Crippen LogP contribution in [-0.4, -0.2) is 32.8 Å². The van der Waals surface area contributed by atoms with Crippen LogP contribution >= 0.6 is 0 Å². The minimum atomic E-state index is -0.412. The van der Waals surface area contributed by atoms with E-state index < -0.39 is 11.2 Å². The van der Waals surface area contributed by atoms with Crippen molar-refractivity contribution >= 4 is 17.1 Å². The Bertz CT molecular complexity index is 698. The predicted octanol–water partition coefficient (Wildman–Crippen LogP) is -1.16. The molecule has 104 valence electrons. The monoisotopic (exact) mass is 268 g/mol. The Labute approximate surface area is 108 Å². The Morgan fingerprint density at radius 1 is 1.42 bits per heavy atom. The second-order valence-corrected chi connectivity index (χ2v) is 3.90. The summed E-state index contributed by atoms with van der Waals surface area (Å²) >= 11 is 0. The number of hydrazine groups is 1. The Balaban J connectivity index is 2.79. The molecule has 0 aliphatic rings. The van der Waals surface area contributed by atoms with E-state index in [0.717, 1.165) is 4.57 Å². The highest BCUT2D eigenvalue weighted by Crippen LogP contribution is 2.08. The lowest BCUT2D eigenvalue weighted by atomic mass is 10.5. The smallest absolute Gasteiger partial charge is 0.332 e. The first-order chi connectivity index (χ1) is 9.13. The number of imidazole rings is 1. The Morgan fingerprint density at radius 3 is 2.74 bits per heavy atom. The number of nitrogens with zero attached hydrogens (tertiary/aromatic N) is 3. The van der Waals surface area contributed by atoms with E-state index in [1.165, 1.54) is 11.7 Å². The maximum absolute atomic E-state index is 12.2. The third-order valence-electron chi connectivity index (χ3n) is 2.83. The van der Waals surface area contributed by atoms with Crippen LogP contribution in [-0.2, 0) is 17.8 Å². The van der Waals surface area contributed by atoms with E-state index in [-0.39, 0.29) is 23.7 Å². The SMILES string of the molecule is CCn1c(=O)c2[nH]c(NN)nc2n(CCOC)c1=O. The molecule has 0 aliphatic carbocycles. The largest absolute Gasteiger partial charge is 0.383 e. The molecule has 0 radical (unpaired) electrons. The van der Waals surface area contributed by atoms with E-state index in [0.29, 0.717) is 13.2 Å². The van der Waals surface area contributed by atoms with Gasteiger partial charge in [-0.25, -0.2) is 10.6 Å². The van der Waals surface area contributed by atoms with E-state index in [2.05, 4.69) is 15.4 Å². The number of hydrogen-bond acceptors (Lipinski definition) is 6. The molecule has 0 bridgehead atoms. The number of nitrogens with two attached hydrogens (primary N) is 1. The van der Waals surface area contributed by atoms with Crippen LogP contribution < -0.4 is 22.5 Å². The molecule has 9 heteroatoms. The van der Waals surface area contributed by atoms with Crippen molar-refractivity contribution in [1.82, 2.24) is 19.1 Å². The molecule has 19 heavy (non-hydrogen) atoms. The van der Waals surface area contributed by atoms with Gasteiger partial charge < -0.3 is 9.72 Å². The molecule has 0 aliphatic heterocycles. The number of aromatic amines is 1. The minimum absolute atomic E-state index is 0.228. The van der Waals surface area contributed by atoms with E-state index in [1.807, 2.05) is 0 Å². The van der Waals surface area contributed by atoms with Crippen LogP contribution in [0.2, 0.25) is 0 Å². The van der Waals surface area contributed by atoms with Gasteiger partial charge in [0.05, 0.1) is 13.2 Å². The number of nitrogen functional groups attached to an aromatic ring is 1. The first kappa shape index (κ1) is 13.3. The fourth-order valence-electron chi connectivity index (χ4n) is 1.90. The molecule has 9 nitrogen and oxygen atoms in total. The van der Waals surface area contributed by atoms with Gasteiger partial charge in [-0.05, 0) is 6.92 Å². The van der Waals surface area contributed by atoms with Crippen LogP contribution in [0, 0.1) is 0 Å². The zero-order valence-corrected chi connectivity index (χ0v) is 10.8. The normalized spacial score (nSPS) is 11.1. The van der Waals surface area contributed by atoms with Gasteiger partial charge >= 0.3 is 5.69 Å². The molecule has 0 spiro atoms. The van der Waals surface area contributed by atoms with Crippen molar-refractivity contribution in [2.75, 3.05) is 19.1 Å². The maximum atomic E-state index is 12.2. The van der Waals surface area contributed by atoms with Gasteiger partial charge in [0, 0.05) is 13.7 Å². The molecule has 0 saturated heterocycles. The van der Waals surface area contributed by atoms with Crippen molar-refractivity contribution in [2.45, 2.75) is 20.0 Å². The van der Waals surface area contributed by atoms with Crippen LogP contribution in [0.1, 0.15) is 6.92 Å². The van der Waals surface area contributed by atoms with Gasteiger partial charge in [0.25, 0.3) is 5.56 Å². The molecule has 0 amide bonds. The van der Waals surface area contributed by atoms with Gasteiger partial charge in [-0.2, -0.15) is 4.98 Å². The van der Waals surface area contributed by atoms with Gasteiger partial charge in [0.2, 0.25) is 5.95 Å². The summed E-state index contributed by atoms with van der Waals surface area (Å²) in [4.78, 5) is 31.2. The lowest BCUT2D eigenvalue weighted by Gasteiger charge is -2.08. The summed E-state index contributed by atoms with van der Waals surface area (Å²) in [7, 11) is 1.54. The average molecular weight is 268 g/mol. The maximum Gasteiger partial charge on any atom is 0.332 e. The molecule has 0 fully saturated rings. The first-order valence-electron chi connectivity index (χ1n) is 5.83. The number of methoxy groups -OCH3 is 1. The minimum Gasteiger partial charge on any atom is -0.383 e. The Hall–Kier alpha value is -2.13. The second kappa shape index (κ2) is 5.24. The summed E-state index contributed by atoms with van der Waals surface area (Å²) in [5.41, 5.74) is 2.01. The summed E-state index contributed by atoms with van der Waals surface area (Å²) < 4.78 is 7.49. The lowest BCUT2D eigenvalue weighted by Crippen LogP contribution is -2.40. The molecule has 0 atom stereocenters. The Morgan fingerprint density at radius 2 is 2.16 bits per heavy atom. The summed E-state index contributed by atoms with van der Waals surface area (Å²) in [6, 6.07) is 0. The van der Waals surface area contributed by atoms with Crippen molar-refractivity contribution in [1.29, 1.82) is 0 Å². The van der Waals surface area contributed by atoms with Crippen molar-refractivity contribution in [3.05, 3.63) is 20.8 Å². The van der Waals surface area contributed by atoms with E-state index in [9.17, 15) is 9.59 Å². The number of hydrogen-bond donors (Lipinski definition) is 3. The number of H-pyrrole nitrogens is 1. The molecule has 4 N–H and O–H groups in total. The molecule has 2 heterocycles. The fraction of sp³-hybridized carbons (Fsp3) is 0.500. The van der Waals surface area contributed by atoms with Gasteiger partial charge in [-0.15, -0.1) is 0 Å². The van der Waals surface area contributed by atoms with Gasteiger partial charge in [0.15, 0.2) is 11.2 Å². The lowest BCUT2D eigenvalue weighted by molar-refractivity contribution is 0.186. The number of rotatable bonds is 5. The first-order valence-corrected chi connectivity index (χ1v) is 5.83. The molecule has 2 aromatic heterocycles. The molecule has 2 aromatic rings. The number of ether oxygens (including phenoxy) is 1. The van der Waals surface area contributed by atoms with Crippen LogP contribution in [0.3, 0.4) is 0 Å². The zero-order valence-electron chi connectivity index (χ0n) is 10.8. The van der Waals surface area contributed by atoms with E-state index in [1.54, 1.807) is 6.92 Å². The summed E-state index contributed by atoms with van der Waals surface area (Å²) in [6.07, 6.45) is 0. The van der Waals surface area contributed by atoms with Crippen LogP contribution in [0.4, 0.5) is 5.95 Å². The highest BCUT2D eigenvalue weighted by molar-refractivity contribution is 5.72. The number of anilines is 1. The zero-order chi connectivity index (χ0) is 14.0. The number of fused-ring (bicyclic) bond motifs is 1. The Kier molecular flexibility index (Phi) is 3.67. The standard InChI is InChI=1S/C10H16N6O3/c1-3-15-8(17)6-7(13-9(12-6)14-11)16(10(15)18)4-5-19-2/h3-5,11H2,1-2H3,(H2,12,13,14). The summed E-state index contributed by atoms with van der Waals surface area (Å²) in [5, 5.41) is 0. The third kappa shape index (κ3) is 2.13. The number of nitrogens with one attached hydrogen (secondary N) is 2. The van der Waals surface area contributed by atoms with Gasteiger partial charge in [0.1, 0.15) is 0 Å². The van der Waals surface area contributed by atoms with Crippen molar-refractivity contribution in [3.8, 4) is 0 Å². The van der Waals surface area contributed by atoms with E-state index >= 15 is 0 Å². The highest BCUT2D eigenvalue weighted by atomic mass is 16.5. The molecular weight excluding hydrogens is 252 g/mol. The molecular formula is C10H16N6O3. The summed E-state index contributed by atoms with van der Waals surface area (Å²) in [5.74, 6) is 5.49. The van der Waals surface area contributed by atoms with Crippen LogP contribution in [0.5, 0.6) is 0 Å². The topological polar surface area (TPSA) is 120 Å². The van der Waals surface area contributed by atoms with Gasteiger partial charge in [-0.3, -0.25) is 19.4 Å². The van der Waals surface area contributed by atoms with Crippen molar-refractivity contribution in [3.63, 3.8) is 0 Å². The second-order valence-electron chi connectivity index (χ2n) is 3.90. The van der Waals surface area contributed by atoms with E-state index in [4.69, 9.17) is 10.6 Å².